The van der Waals surface area contributed by atoms with Crippen molar-refractivity contribution in [1.82, 2.24) is 14.8 Å². The molecule has 1 aromatic heterocycles. The predicted molar refractivity (Wildman–Crippen MR) is 80.1 cm³/mol. The first-order valence-electron chi connectivity index (χ1n) is 7.08. The summed E-state index contributed by atoms with van der Waals surface area (Å²) in [5.41, 5.74) is 10.3. The van der Waals surface area contributed by atoms with E-state index < -0.39 is 0 Å². The summed E-state index contributed by atoms with van der Waals surface area (Å²) in [7, 11) is 4.40. The quantitative estimate of drug-likeness (QED) is 0.902. The molecule has 1 saturated heterocycles. The molecule has 2 rings (SSSR count). The fraction of sp³-hybridized carbons (Fsp3) is 0.667. The standard InChI is InChI=1S/C15H26N4/c1-11-9-17-14(12(2)15(11)16)10-19(4)13-5-7-18(3)8-6-13/h9,13H,5-8,10H2,1-4H3,(H2,16,17). The molecular weight excluding hydrogens is 236 g/mol. The van der Waals surface area contributed by atoms with Crippen molar-refractivity contribution in [2.24, 2.45) is 0 Å². The van der Waals surface area contributed by atoms with Crippen LogP contribution in [0.25, 0.3) is 0 Å². The Labute approximate surface area is 116 Å². The second-order valence-electron chi connectivity index (χ2n) is 5.88. The molecule has 1 fully saturated rings. The van der Waals surface area contributed by atoms with Gasteiger partial charge in [-0.1, -0.05) is 0 Å². The van der Waals surface area contributed by atoms with Crippen molar-refractivity contribution in [3.8, 4) is 0 Å². The number of nitrogens with zero attached hydrogens (tertiary/aromatic N) is 3. The number of rotatable bonds is 3. The summed E-state index contributed by atoms with van der Waals surface area (Å²) in [4.78, 5) is 9.38. The Kier molecular flexibility index (Phi) is 4.42. The molecule has 4 nitrogen and oxygen atoms in total. The summed E-state index contributed by atoms with van der Waals surface area (Å²) in [5.74, 6) is 0. The van der Waals surface area contributed by atoms with Crippen LogP contribution in [0.3, 0.4) is 0 Å². The molecule has 0 unspecified atom stereocenters. The van der Waals surface area contributed by atoms with Crippen molar-refractivity contribution in [2.45, 2.75) is 39.3 Å². The maximum absolute atomic E-state index is 6.09. The Bertz CT molecular complexity index is 436. The first kappa shape index (κ1) is 14.3. The van der Waals surface area contributed by atoms with Crippen LogP contribution in [0.5, 0.6) is 0 Å². The van der Waals surface area contributed by atoms with Crippen LogP contribution in [0.1, 0.15) is 29.7 Å². The molecular formula is C15H26N4. The van der Waals surface area contributed by atoms with E-state index in [1.165, 1.54) is 25.9 Å². The van der Waals surface area contributed by atoms with Gasteiger partial charge < -0.3 is 10.6 Å². The third kappa shape index (κ3) is 3.25. The molecule has 0 spiro atoms. The van der Waals surface area contributed by atoms with E-state index in [4.69, 9.17) is 5.73 Å². The number of pyridine rings is 1. The van der Waals surface area contributed by atoms with E-state index >= 15 is 0 Å². The molecule has 2 heterocycles. The average molecular weight is 262 g/mol. The second kappa shape index (κ2) is 5.88. The van der Waals surface area contributed by atoms with E-state index in [1.54, 1.807) is 0 Å². The van der Waals surface area contributed by atoms with Crippen LogP contribution in [0.2, 0.25) is 0 Å². The highest BCUT2D eigenvalue weighted by atomic mass is 15.2. The topological polar surface area (TPSA) is 45.4 Å². The number of aryl methyl sites for hydroxylation is 1. The van der Waals surface area contributed by atoms with Crippen LogP contribution in [0.15, 0.2) is 6.20 Å². The SMILES string of the molecule is Cc1cnc(CN(C)C2CCN(C)CC2)c(C)c1N. The number of nitrogens with two attached hydrogens (primary N) is 1. The van der Waals surface area contributed by atoms with Crippen molar-refractivity contribution >= 4 is 5.69 Å². The van der Waals surface area contributed by atoms with Gasteiger partial charge in [-0.25, -0.2) is 0 Å². The largest absolute Gasteiger partial charge is 0.398 e. The van der Waals surface area contributed by atoms with E-state index in [1.807, 2.05) is 13.1 Å². The summed E-state index contributed by atoms with van der Waals surface area (Å²) in [6.07, 6.45) is 4.38. The molecule has 0 bridgehead atoms. The summed E-state index contributed by atoms with van der Waals surface area (Å²) in [5, 5.41) is 0. The number of piperidine rings is 1. The van der Waals surface area contributed by atoms with Crippen LogP contribution < -0.4 is 5.73 Å². The Morgan fingerprint density at radius 3 is 2.63 bits per heavy atom. The normalized spacial score (nSPS) is 18.2. The van der Waals surface area contributed by atoms with Gasteiger partial charge in [0.2, 0.25) is 0 Å². The highest BCUT2D eigenvalue weighted by molar-refractivity contribution is 5.53. The van der Waals surface area contributed by atoms with Crippen LogP contribution >= 0.6 is 0 Å². The fourth-order valence-corrected chi connectivity index (χ4v) is 2.75. The van der Waals surface area contributed by atoms with E-state index in [-0.39, 0.29) is 0 Å². The summed E-state index contributed by atoms with van der Waals surface area (Å²) in [6.45, 7) is 7.37. The van der Waals surface area contributed by atoms with Crippen molar-refractivity contribution in [3.05, 3.63) is 23.0 Å². The van der Waals surface area contributed by atoms with Gasteiger partial charge in [0, 0.05) is 24.5 Å². The lowest BCUT2D eigenvalue weighted by Crippen LogP contribution is -2.41. The van der Waals surface area contributed by atoms with Gasteiger partial charge in [0.05, 0.1) is 5.69 Å². The molecule has 4 heteroatoms. The molecule has 0 aliphatic carbocycles. The lowest BCUT2D eigenvalue weighted by atomic mass is 10.0. The molecule has 2 N–H and O–H groups in total. The van der Waals surface area contributed by atoms with Crippen LogP contribution in [-0.4, -0.2) is 48.0 Å². The molecule has 0 saturated carbocycles. The Balaban J connectivity index is 2.03. The molecule has 106 valence electrons. The number of hydrogen-bond donors (Lipinski definition) is 1. The number of hydrogen-bond acceptors (Lipinski definition) is 4. The maximum atomic E-state index is 6.09. The van der Waals surface area contributed by atoms with Gasteiger partial charge >= 0.3 is 0 Å². The van der Waals surface area contributed by atoms with E-state index in [0.29, 0.717) is 6.04 Å². The Hall–Kier alpha value is -1.13. The molecule has 1 aromatic rings. The minimum absolute atomic E-state index is 0.667. The predicted octanol–water partition coefficient (Wildman–Crippen LogP) is 1.81. The zero-order valence-corrected chi connectivity index (χ0v) is 12.6. The lowest BCUT2D eigenvalue weighted by molar-refractivity contribution is 0.138. The first-order valence-corrected chi connectivity index (χ1v) is 7.08. The van der Waals surface area contributed by atoms with E-state index in [0.717, 1.165) is 29.1 Å². The molecule has 0 atom stereocenters. The summed E-state index contributed by atoms with van der Waals surface area (Å²) >= 11 is 0. The first-order chi connectivity index (χ1) is 8.99. The molecule has 0 aromatic carbocycles. The maximum Gasteiger partial charge on any atom is 0.0593 e. The van der Waals surface area contributed by atoms with Gasteiger partial charge in [-0.2, -0.15) is 0 Å². The second-order valence-corrected chi connectivity index (χ2v) is 5.88. The Morgan fingerprint density at radius 2 is 2.00 bits per heavy atom. The minimum Gasteiger partial charge on any atom is -0.398 e. The fourth-order valence-electron chi connectivity index (χ4n) is 2.75. The third-order valence-electron chi connectivity index (χ3n) is 4.39. The zero-order valence-electron chi connectivity index (χ0n) is 12.6. The van der Waals surface area contributed by atoms with E-state index in [2.05, 4.69) is 35.8 Å². The van der Waals surface area contributed by atoms with Gasteiger partial charge in [0.1, 0.15) is 0 Å². The molecule has 1 aliphatic heterocycles. The number of nitrogen functional groups attached to an aromatic ring is 1. The highest BCUT2D eigenvalue weighted by Crippen LogP contribution is 2.21. The summed E-state index contributed by atoms with van der Waals surface area (Å²) < 4.78 is 0. The van der Waals surface area contributed by atoms with Crippen LogP contribution in [0, 0.1) is 13.8 Å². The average Bonchev–Trinajstić information content (AvgIpc) is 2.40. The van der Waals surface area contributed by atoms with Gasteiger partial charge in [-0.05, 0) is 65.0 Å². The number of aromatic nitrogens is 1. The van der Waals surface area contributed by atoms with Crippen LogP contribution in [0.4, 0.5) is 5.69 Å². The highest BCUT2D eigenvalue weighted by Gasteiger charge is 2.21. The van der Waals surface area contributed by atoms with Gasteiger partial charge in [0.15, 0.2) is 0 Å². The van der Waals surface area contributed by atoms with E-state index in [9.17, 15) is 0 Å². The molecule has 0 radical (unpaired) electrons. The third-order valence-corrected chi connectivity index (χ3v) is 4.39. The smallest absolute Gasteiger partial charge is 0.0593 e. The van der Waals surface area contributed by atoms with Gasteiger partial charge in [-0.15, -0.1) is 0 Å². The minimum atomic E-state index is 0.667. The molecule has 1 aliphatic rings. The van der Waals surface area contributed by atoms with Crippen LogP contribution in [-0.2, 0) is 6.54 Å². The zero-order chi connectivity index (χ0) is 14.0. The lowest BCUT2D eigenvalue weighted by Gasteiger charge is -2.35. The van der Waals surface area contributed by atoms with Crippen molar-refractivity contribution in [1.29, 1.82) is 0 Å². The van der Waals surface area contributed by atoms with Gasteiger partial charge in [-0.3, -0.25) is 9.88 Å². The molecule has 0 amide bonds. The van der Waals surface area contributed by atoms with Crippen molar-refractivity contribution in [3.63, 3.8) is 0 Å². The monoisotopic (exact) mass is 262 g/mol. The summed E-state index contributed by atoms with van der Waals surface area (Å²) in [6, 6.07) is 0.667. The van der Waals surface area contributed by atoms with Crippen molar-refractivity contribution in [2.75, 3.05) is 32.9 Å². The van der Waals surface area contributed by atoms with Gasteiger partial charge in [0.25, 0.3) is 0 Å². The number of anilines is 1. The van der Waals surface area contributed by atoms with Crippen molar-refractivity contribution < 1.29 is 0 Å². The molecule has 19 heavy (non-hydrogen) atoms. The Morgan fingerprint density at radius 1 is 1.37 bits per heavy atom. The number of likely N-dealkylation sites (tertiary alicyclic amines) is 1.